The van der Waals surface area contributed by atoms with Gasteiger partial charge in [0.2, 0.25) is 11.8 Å². The highest BCUT2D eigenvalue weighted by Gasteiger charge is 2.31. The molecule has 0 saturated carbocycles. The largest absolute Gasteiger partial charge is 0.378 e. The van der Waals surface area contributed by atoms with Crippen LogP contribution in [0.15, 0.2) is 0 Å². The van der Waals surface area contributed by atoms with E-state index in [1.165, 1.54) is 0 Å². The van der Waals surface area contributed by atoms with Crippen LogP contribution in [0.1, 0.15) is 34.1 Å². The van der Waals surface area contributed by atoms with Crippen molar-refractivity contribution >= 4 is 11.8 Å². The summed E-state index contributed by atoms with van der Waals surface area (Å²) in [5, 5.41) is 0. The molecular formula is C17H31N3O3. The molecule has 2 heterocycles. The highest BCUT2D eigenvalue weighted by atomic mass is 16.5. The average molecular weight is 325 g/mol. The number of ether oxygens (including phenoxy) is 1. The van der Waals surface area contributed by atoms with Crippen molar-refractivity contribution in [2.75, 3.05) is 52.5 Å². The van der Waals surface area contributed by atoms with Crippen LogP contribution in [0.3, 0.4) is 0 Å². The van der Waals surface area contributed by atoms with Gasteiger partial charge in [-0.2, -0.15) is 0 Å². The Morgan fingerprint density at radius 3 is 2.04 bits per heavy atom. The first-order valence-electron chi connectivity index (χ1n) is 8.66. The molecule has 0 radical (unpaired) electrons. The van der Waals surface area contributed by atoms with Gasteiger partial charge >= 0.3 is 0 Å². The van der Waals surface area contributed by atoms with Crippen LogP contribution in [0.25, 0.3) is 0 Å². The molecule has 0 aromatic carbocycles. The minimum absolute atomic E-state index is 0.0216. The predicted octanol–water partition coefficient (Wildman–Crippen LogP) is 0.814. The van der Waals surface area contributed by atoms with Crippen LogP contribution in [0.4, 0.5) is 0 Å². The zero-order valence-electron chi connectivity index (χ0n) is 15.0. The molecule has 0 bridgehead atoms. The first-order valence-corrected chi connectivity index (χ1v) is 8.66. The SMILES string of the molecule is CC(C(=O)N1CCOCC1)N1CCN(C(=O)CC(C)(C)C)CC1. The second-order valence-electron chi connectivity index (χ2n) is 7.77. The predicted molar refractivity (Wildman–Crippen MR) is 89.1 cm³/mol. The molecule has 132 valence electrons. The van der Waals surface area contributed by atoms with Gasteiger partial charge in [-0.15, -0.1) is 0 Å². The number of carbonyl (C=O) groups excluding carboxylic acids is 2. The number of nitrogens with zero attached hydrogens (tertiary/aromatic N) is 3. The lowest BCUT2D eigenvalue weighted by molar-refractivity contribution is -0.142. The molecule has 2 fully saturated rings. The maximum Gasteiger partial charge on any atom is 0.239 e. The number of rotatable bonds is 3. The topological polar surface area (TPSA) is 53.1 Å². The van der Waals surface area contributed by atoms with Gasteiger partial charge in [0.25, 0.3) is 0 Å². The molecule has 0 aromatic rings. The minimum Gasteiger partial charge on any atom is -0.378 e. The van der Waals surface area contributed by atoms with Gasteiger partial charge in [0.1, 0.15) is 0 Å². The smallest absolute Gasteiger partial charge is 0.239 e. The third-order valence-electron chi connectivity index (χ3n) is 4.58. The van der Waals surface area contributed by atoms with Crippen molar-refractivity contribution in [1.29, 1.82) is 0 Å². The Balaban J connectivity index is 1.81. The van der Waals surface area contributed by atoms with Gasteiger partial charge in [-0.05, 0) is 12.3 Å². The van der Waals surface area contributed by atoms with Crippen LogP contribution in [-0.2, 0) is 14.3 Å². The van der Waals surface area contributed by atoms with E-state index in [9.17, 15) is 9.59 Å². The Labute approximate surface area is 139 Å². The molecule has 2 saturated heterocycles. The molecule has 2 amide bonds. The normalized spacial score (nSPS) is 22.1. The minimum atomic E-state index is -0.118. The van der Waals surface area contributed by atoms with E-state index in [-0.39, 0.29) is 23.3 Å². The summed E-state index contributed by atoms with van der Waals surface area (Å²) in [7, 11) is 0. The second kappa shape index (κ2) is 7.62. The Bertz CT molecular complexity index is 419. The third kappa shape index (κ3) is 5.18. The molecule has 0 N–H and O–H groups in total. The quantitative estimate of drug-likeness (QED) is 0.771. The van der Waals surface area contributed by atoms with E-state index in [0.29, 0.717) is 32.7 Å². The summed E-state index contributed by atoms with van der Waals surface area (Å²) in [4.78, 5) is 30.9. The molecule has 23 heavy (non-hydrogen) atoms. The van der Waals surface area contributed by atoms with Crippen molar-refractivity contribution in [2.24, 2.45) is 5.41 Å². The lowest BCUT2D eigenvalue weighted by atomic mass is 9.91. The molecule has 6 nitrogen and oxygen atoms in total. The summed E-state index contributed by atoms with van der Waals surface area (Å²) in [6.45, 7) is 13.9. The Kier molecular flexibility index (Phi) is 6.03. The first kappa shape index (κ1) is 18.2. The van der Waals surface area contributed by atoms with Crippen molar-refractivity contribution in [3.63, 3.8) is 0 Å². The molecule has 6 heteroatoms. The fourth-order valence-electron chi connectivity index (χ4n) is 3.13. The molecule has 1 atom stereocenters. The highest BCUT2D eigenvalue weighted by molar-refractivity contribution is 5.81. The van der Waals surface area contributed by atoms with E-state index in [0.717, 1.165) is 26.2 Å². The van der Waals surface area contributed by atoms with Gasteiger partial charge in [0, 0.05) is 45.7 Å². The Hall–Kier alpha value is -1.14. The van der Waals surface area contributed by atoms with E-state index in [4.69, 9.17) is 4.74 Å². The lowest BCUT2D eigenvalue weighted by Crippen LogP contribution is -2.56. The van der Waals surface area contributed by atoms with Crippen LogP contribution in [-0.4, -0.2) is 85.0 Å². The van der Waals surface area contributed by atoms with Gasteiger partial charge in [0.15, 0.2) is 0 Å². The monoisotopic (exact) mass is 325 g/mol. The Morgan fingerprint density at radius 2 is 1.52 bits per heavy atom. The number of hydrogen-bond acceptors (Lipinski definition) is 4. The fraction of sp³-hybridized carbons (Fsp3) is 0.882. The molecule has 1 unspecified atom stereocenters. The Morgan fingerprint density at radius 1 is 0.957 bits per heavy atom. The summed E-state index contributed by atoms with van der Waals surface area (Å²) in [6.07, 6.45) is 0.579. The number of hydrogen-bond donors (Lipinski definition) is 0. The van der Waals surface area contributed by atoms with Crippen LogP contribution < -0.4 is 0 Å². The van der Waals surface area contributed by atoms with Crippen molar-refractivity contribution in [3.8, 4) is 0 Å². The summed E-state index contributed by atoms with van der Waals surface area (Å²) in [5.74, 6) is 0.409. The lowest BCUT2D eigenvalue weighted by Gasteiger charge is -2.40. The van der Waals surface area contributed by atoms with E-state index < -0.39 is 0 Å². The van der Waals surface area contributed by atoms with Crippen LogP contribution in [0, 0.1) is 5.41 Å². The van der Waals surface area contributed by atoms with Gasteiger partial charge in [-0.3, -0.25) is 14.5 Å². The van der Waals surface area contributed by atoms with Crippen molar-refractivity contribution in [1.82, 2.24) is 14.7 Å². The molecular weight excluding hydrogens is 294 g/mol. The number of piperazine rings is 1. The maximum atomic E-state index is 12.5. The van der Waals surface area contributed by atoms with Crippen molar-refractivity contribution < 1.29 is 14.3 Å². The number of morpholine rings is 1. The number of carbonyl (C=O) groups is 2. The molecule has 2 rings (SSSR count). The molecule has 2 aliphatic rings. The maximum absolute atomic E-state index is 12.5. The summed E-state index contributed by atoms with van der Waals surface area (Å²) in [6, 6.07) is -0.118. The highest BCUT2D eigenvalue weighted by Crippen LogP contribution is 2.20. The molecule has 0 spiro atoms. The van der Waals surface area contributed by atoms with Crippen LogP contribution in [0.2, 0.25) is 0 Å². The van der Waals surface area contributed by atoms with Crippen LogP contribution >= 0.6 is 0 Å². The zero-order chi connectivity index (χ0) is 17.0. The van der Waals surface area contributed by atoms with E-state index in [2.05, 4.69) is 25.7 Å². The molecule has 0 aliphatic carbocycles. The standard InChI is InChI=1S/C17H31N3O3/c1-14(16(22)20-9-11-23-12-10-20)18-5-7-19(8-6-18)15(21)13-17(2,3)4/h14H,5-13H2,1-4H3. The first-order chi connectivity index (χ1) is 10.8. The summed E-state index contributed by atoms with van der Waals surface area (Å²) < 4.78 is 5.30. The van der Waals surface area contributed by atoms with Crippen molar-refractivity contribution in [2.45, 2.75) is 40.2 Å². The van der Waals surface area contributed by atoms with E-state index in [1.807, 2.05) is 16.7 Å². The van der Waals surface area contributed by atoms with Crippen LogP contribution in [0.5, 0.6) is 0 Å². The summed E-state index contributed by atoms with van der Waals surface area (Å²) in [5.41, 5.74) is 0.0216. The van der Waals surface area contributed by atoms with Gasteiger partial charge in [-0.1, -0.05) is 20.8 Å². The number of amides is 2. The molecule has 2 aliphatic heterocycles. The fourth-order valence-corrected chi connectivity index (χ4v) is 3.13. The molecule has 0 aromatic heterocycles. The van der Waals surface area contributed by atoms with Gasteiger partial charge < -0.3 is 14.5 Å². The zero-order valence-corrected chi connectivity index (χ0v) is 15.0. The van der Waals surface area contributed by atoms with Gasteiger partial charge in [-0.25, -0.2) is 0 Å². The third-order valence-corrected chi connectivity index (χ3v) is 4.58. The van der Waals surface area contributed by atoms with Crippen molar-refractivity contribution in [3.05, 3.63) is 0 Å². The second-order valence-corrected chi connectivity index (χ2v) is 7.77. The summed E-state index contributed by atoms with van der Waals surface area (Å²) >= 11 is 0. The van der Waals surface area contributed by atoms with E-state index in [1.54, 1.807) is 0 Å². The van der Waals surface area contributed by atoms with Gasteiger partial charge in [0.05, 0.1) is 19.3 Å². The van der Waals surface area contributed by atoms with E-state index >= 15 is 0 Å². The average Bonchev–Trinajstić information content (AvgIpc) is 2.53.